The Bertz CT molecular complexity index is 457. The number of likely N-dealkylation sites (tertiary alicyclic amines) is 1. The number of nitrogens with one attached hydrogen (secondary N) is 1. The van der Waals surface area contributed by atoms with Gasteiger partial charge in [-0.25, -0.2) is 0 Å². The lowest BCUT2D eigenvalue weighted by atomic mass is 9.96. The molecular formula is C14H22N2O2. The third-order valence-corrected chi connectivity index (χ3v) is 3.69. The summed E-state index contributed by atoms with van der Waals surface area (Å²) in [5, 5.41) is 10.2. The Morgan fingerprint density at radius 2 is 2.17 bits per heavy atom. The number of rotatable bonds is 2. The fraction of sp³-hybridized carbons (Fsp3) is 0.643. The SMILES string of the molecule is Cc1cc(C)c(C(=O)N2CCCC2C(C)(C)O)[nH]1. The molecule has 0 aromatic carbocycles. The van der Waals surface area contributed by atoms with Gasteiger partial charge in [0.25, 0.3) is 5.91 Å². The summed E-state index contributed by atoms with van der Waals surface area (Å²) in [6.07, 6.45) is 1.83. The molecular weight excluding hydrogens is 228 g/mol. The second-order valence-corrected chi connectivity index (χ2v) is 5.82. The minimum atomic E-state index is -0.846. The van der Waals surface area contributed by atoms with Gasteiger partial charge in [0.15, 0.2) is 0 Å². The van der Waals surface area contributed by atoms with E-state index in [0.29, 0.717) is 5.69 Å². The molecule has 1 unspecified atom stereocenters. The maximum Gasteiger partial charge on any atom is 0.270 e. The van der Waals surface area contributed by atoms with Crippen LogP contribution in [-0.2, 0) is 0 Å². The van der Waals surface area contributed by atoms with E-state index in [2.05, 4.69) is 4.98 Å². The molecule has 1 aliphatic rings. The second kappa shape index (κ2) is 4.43. The minimum absolute atomic E-state index is 0.00484. The van der Waals surface area contributed by atoms with Gasteiger partial charge in [-0.2, -0.15) is 0 Å². The largest absolute Gasteiger partial charge is 0.388 e. The van der Waals surface area contributed by atoms with Crippen LogP contribution in [0.1, 0.15) is 48.4 Å². The molecule has 18 heavy (non-hydrogen) atoms. The molecule has 4 nitrogen and oxygen atoms in total. The third-order valence-electron chi connectivity index (χ3n) is 3.69. The number of aliphatic hydroxyl groups is 1. The van der Waals surface area contributed by atoms with E-state index in [1.54, 1.807) is 18.7 Å². The van der Waals surface area contributed by atoms with Crippen LogP contribution < -0.4 is 0 Å². The molecule has 0 saturated carbocycles. The first-order chi connectivity index (χ1) is 8.30. The summed E-state index contributed by atoms with van der Waals surface area (Å²) < 4.78 is 0. The number of carbonyl (C=O) groups excluding carboxylic acids is 1. The number of aryl methyl sites for hydroxylation is 2. The maximum absolute atomic E-state index is 12.5. The summed E-state index contributed by atoms with van der Waals surface area (Å²) in [5.41, 5.74) is 1.78. The number of aromatic amines is 1. The first-order valence-corrected chi connectivity index (χ1v) is 6.50. The first-order valence-electron chi connectivity index (χ1n) is 6.50. The van der Waals surface area contributed by atoms with Crippen LogP contribution in [0.25, 0.3) is 0 Å². The third kappa shape index (κ3) is 2.29. The Hall–Kier alpha value is -1.29. The Kier molecular flexibility index (Phi) is 3.23. The van der Waals surface area contributed by atoms with E-state index in [-0.39, 0.29) is 11.9 Å². The number of hydrogen-bond donors (Lipinski definition) is 2. The Labute approximate surface area is 108 Å². The smallest absolute Gasteiger partial charge is 0.270 e. The van der Waals surface area contributed by atoms with Crippen LogP contribution >= 0.6 is 0 Å². The van der Waals surface area contributed by atoms with Crippen LogP contribution in [-0.4, -0.2) is 39.1 Å². The van der Waals surface area contributed by atoms with Crippen LogP contribution in [0.4, 0.5) is 0 Å². The van der Waals surface area contributed by atoms with Crippen molar-refractivity contribution in [3.63, 3.8) is 0 Å². The summed E-state index contributed by atoms with van der Waals surface area (Å²) in [6.45, 7) is 8.16. The second-order valence-electron chi connectivity index (χ2n) is 5.82. The summed E-state index contributed by atoms with van der Waals surface area (Å²) in [7, 11) is 0. The fourth-order valence-electron chi connectivity index (χ4n) is 2.84. The molecule has 1 amide bonds. The molecule has 2 rings (SSSR count). The normalized spacial score (nSPS) is 20.5. The molecule has 4 heteroatoms. The number of hydrogen-bond acceptors (Lipinski definition) is 2. The molecule has 1 fully saturated rings. The molecule has 0 aliphatic carbocycles. The summed E-state index contributed by atoms with van der Waals surface area (Å²) in [5.74, 6) is 0.00484. The average molecular weight is 250 g/mol. The van der Waals surface area contributed by atoms with E-state index in [9.17, 15) is 9.90 Å². The first kappa shape index (κ1) is 13.1. The zero-order valence-electron chi connectivity index (χ0n) is 11.6. The van der Waals surface area contributed by atoms with Crippen molar-refractivity contribution in [2.75, 3.05) is 6.54 Å². The Morgan fingerprint density at radius 1 is 1.50 bits per heavy atom. The van der Waals surface area contributed by atoms with Crippen molar-refractivity contribution in [2.24, 2.45) is 0 Å². The molecule has 0 bridgehead atoms. The highest BCUT2D eigenvalue weighted by molar-refractivity contribution is 5.94. The van der Waals surface area contributed by atoms with Crippen LogP contribution in [0.15, 0.2) is 6.07 Å². The zero-order valence-corrected chi connectivity index (χ0v) is 11.6. The highest BCUT2D eigenvalue weighted by Crippen LogP contribution is 2.28. The van der Waals surface area contributed by atoms with Gasteiger partial charge in [0, 0.05) is 12.2 Å². The number of amides is 1. The van der Waals surface area contributed by atoms with Crippen LogP contribution in [0.5, 0.6) is 0 Å². The van der Waals surface area contributed by atoms with Crippen LogP contribution in [0.2, 0.25) is 0 Å². The van der Waals surface area contributed by atoms with Crippen LogP contribution in [0, 0.1) is 13.8 Å². The molecule has 1 atom stereocenters. The van der Waals surface area contributed by atoms with Gasteiger partial charge in [-0.15, -0.1) is 0 Å². The van der Waals surface area contributed by atoms with E-state index >= 15 is 0 Å². The fourth-order valence-corrected chi connectivity index (χ4v) is 2.84. The lowest BCUT2D eigenvalue weighted by molar-refractivity contribution is 0.000109. The van der Waals surface area contributed by atoms with Gasteiger partial charge in [0.05, 0.1) is 11.6 Å². The molecule has 1 saturated heterocycles. The standard InChI is InChI=1S/C14H22N2O2/c1-9-8-10(2)15-12(9)13(17)16-7-5-6-11(16)14(3,4)18/h8,11,15,18H,5-7H2,1-4H3. The number of H-pyrrole nitrogens is 1. The van der Waals surface area contributed by atoms with E-state index in [4.69, 9.17) is 0 Å². The predicted molar refractivity (Wildman–Crippen MR) is 70.6 cm³/mol. The van der Waals surface area contributed by atoms with Crippen molar-refractivity contribution in [3.8, 4) is 0 Å². The van der Waals surface area contributed by atoms with Gasteiger partial charge in [-0.3, -0.25) is 4.79 Å². The molecule has 1 aliphatic heterocycles. The molecule has 2 heterocycles. The van der Waals surface area contributed by atoms with E-state index in [1.165, 1.54) is 0 Å². The lowest BCUT2D eigenvalue weighted by Gasteiger charge is -2.33. The highest BCUT2D eigenvalue weighted by atomic mass is 16.3. The highest BCUT2D eigenvalue weighted by Gasteiger charge is 2.39. The zero-order chi connectivity index (χ0) is 13.5. The van der Waals surface area contributed by atoms with E-state index < -0.39 is 5.60 Å². The van der Waals surface area contributed by atoms with Crippen molar-refractivity contribution >= 4 is 5.91 Å². The number of nitrogens with zero attached hydrogens (tertiary/aromatic N) is 1. The van der Waals surface area contributed by atoms with Gasteiger partial charge in [-0.05, 0) is 52.2 Å². The molecule has 1 aromatic rings. The van der Waals surface area contributed by atoms with Crippen molar-refractivity contribution < 1.29 is 9.90 Å². The Morgan fingerprint density at radius 3 is 2.67 bits per heavy atom. The van der Waals surface area contributed by atoms with Crippen molar-refractivity contribution in [1.29, 1.82) is 0 Å². The van der Waals surface area contributed by atoms with E-state index in [1.807, 2.05) is 19.9 Å². The van der Waals surface area contributed by atoms with Gasteiger partial charge in [0.2, 0.25) is 0 Å². The minimum Gasteiger partial charge on any atom is -0.388 e. The number of aromatic nitrogens is 1. The van der Waals surface area contributed by atoms with Gasteiger partial charge < -0.3 is 15.0 Å². The molecule has 0 radical (unpaired) electrons. The molecule has 1 aromatic heterocycles. The van der Waals surface area contributed by atoms with Crippen molar-refractivity contribution in [2.45, 2.75) is 52.2 Å². The quantitative estimate of drug-likeness (QED) is 0.843. The van der Waals surface area contributed by atoms with Crippen molar-refractivity contribution in [1.82, 2.24) is 9.88 Å². The van der Waals surface area contributed by atoms with E-state index in [0.717, 1.165) is 30.6 Å². The van der Waals surface area contributed by atoms with Gasteiger partial charge >= 0.3 is 0 Å². The monoisotopic (exact) mass is 250 g/mol. The molecule has 2 N–H and O–H groups in total. The summed E-state index contributed by atoms with van der Waals surface area (Å²) >= 11 is 0. The molecule has 0 spiro atoms. The predicted octanol–water partition coefficient (Wildman–Crippen LogP) is 2.01. The average Bonchev–Trinajstić information content (AvgIpc) is 2.82. The summed E-state index contributed by atoms with van der Waals surface area (Å²) in [6, 6.07) is 1.88. The lowest BCUT2D eigenvalue weighted by Crippen LogP contribution is -2.48. The maximum atomic E-state index is 12.5. The molecule has 100 valence electrons. The number of carbonyl (C=O) groups is 1. The summed E-state index contributed by atoms with van der Waals surface area (Å²) in [4.78, 5) is 17.4. The Balaban J connectivity index is 2.26. The van der Waals surface area contributed by atoms with Gasteiger partial charge in [-0.1, -0.05) is 0 Å². The topological polar surface area (TPSA) is 56.3 Å². The van der Waals surface area contributed by atoms with Gasteiger partial charge in [0.1, 0.15) is 5.69 Å². The van der Waals surface area contributed by atoms with Crippen LogP contribution in [0.3, 0.4) is 0 Å². The van der Waals surface area contributed by atoms with Crippen molar-refractivity contribution in [3.05, 3.63) is 23.0 Å².